The Kier molecular flexibility index (Phi) is 7.35. The van der Waals surface area contributed by atoms with Crippen molar-refractivity contribution in [2.75, 3.05) is 32.1 Å². The van der Waals surface area contributed by atoms with E-state index >= 15 is 0 Å². The molecule has 2 aromatic carbocycles. The largest absolute Gasteiger partial charge is 0.497 e. The van der Waals surface area contributed by atoms with Crippen molar-refractivity contribution in [3.05, 3.63) is 77.1 Å². The second kappa shape index (κ2) is 10.9. The second-order valence-corrected chi connectivity index (χ2v) is 11.5. The van der Waals surface area contributed by atoms with Crippen LogP contribution >= 0.6 is 0 Å². The molecule has 2 aromatic heterocycles. The Balaban J connectivity index is 1.30. The Morgan fingerprint density at radius 2 is 1.82 bits per heavy atom. The molecule has 0 radical (unpaired) electrons. The van der Waals surface area contributed by atoms with Crippen LogP contribution in [0.25, 0.3) is 16.9 Å². The number of hydrogen-bond donors (Lipinski definition) is 1. The predicted molar refractivity (Wildman–Crippen MR) is 158 cm³/mol. The molecule has 1 aliphatic heterocycles. The zero-order valence-electron chi connectivity index (χ0n) is 24.9. The molecule has 0 bridgehead atoms. The van der Waals surface area contributed by atoms with Crippen molar-refractivity contribution in [3.63, 3.8) is 0 Å². The third kappa shape index (κ3) is 5.17. The van der Waals surface area contributed by atoms with Crippen LogP contribution in [0, 0.1) is 6.92 Å². The van der Waals surface area contributed by atoms with Crippen molar-refractivity contribution in [2.45, 2.75) is 51.4 Å². The molecule has 44 heavy (non-hydrogen) atoms. The minimum Gasteiger partial charge on any atom is -0.497 e. The maximum Gasteiger partial charge on any atom is 0.433 e. The van der Waals surface area contributed by atoms with Crippen LogP contribution < -0.4 is 10.1 Å². The molecule has 0 unspecified atom stereocenters. The fourth-order valence-corrected chi connectivity index (χ4v) is 6.39. The van der Waals surface area contributed by atoms with E-state index in [4.69, 9.17) is 4.74 Å². The predicted octanol–water partition coefficient (Wildman–Crippen LogP) is 5.53. The first-order valence-corrected chi connectivity index (χ1v) is 14.5. The maximum absolute atomic E-state index is 14.4. The van der Waals surface area contributed by atoms with E-state index in [0.717, 1.165) is 28.6 Å². The highest BCUT2D eigenvalue weighted by Crippen LogP contribution is 2.52. The lowest BCUT2D eigenvalue weighted by molar-refractivity contribution is -0.143. The number of amides is 2. The van der Waals surface area contributed by atoms with E-state index < -0.39 is 17.8 Å². The summed E-state index contributed by atoms with van der Waals surface area (Å²) in [5, 5.41) is 6.85. The van der Waals surface area contributed by atoms with Gasteiger partial charge in [-0.25, -0.2) is 9.50 Å². The van der Waals surface area contributed by atoms with Gasteiger partial charge < -0.3 is 15.0 Å². The lowest BCUT2D eigenvalue weighted by atomic mass is 9.99. The molecule has 1 saturated carbocycles. The Morgan fingerprint density at radius 1 is 1.09 bits per heavy atom. The van der Waals surface area contributed by atoms with Crippen LogP contribution in [0.2, 0.25) is 0 Å². The van der Waals surface area contributed by atoms with Crippen LogP contribution in [-0.2, 0) is 16.5 Å². The molecule has 9 nitrogen and oxygen atoms in total. The third-order valence-corrected chi connectivity index (χ3v) is 8.68. The molecule has 4 aromatic rings. The summed E-state index contributed by atoms with van der Waals surface area (Å²) in [6.45, 7) is 6.36. The summed E-state index contributed by atoms with van der Waals surface area (Å²) in [6, 6.07) is 14.2. The van der Waals surface area contributed by atoms with Crippen LogP contribution in [0.5, 0.6) is 5.75 Å². The number of benzene rings is 2. The van der Waals surface area contributed by atoms with Crippen LogP contribution in [-0.4, -0.2) is 69.0 Å². The number of carbonyl (C=O) groups is 2. The number of hydrogen-bond acceptors (Lipinski definition) is 6. The number of halogens is 3. The molecule has 12 heteroatoms. The molecule has 2 amide bonds. The molecule has 3 heterocycles. The van der Waals surface area contributed by atoms with Gasteiger partial charge in [0.15, 0.2) is 11.3 Å². The molecular weight excluding hydrogens is 573 g/mol. The number of piperazine rings is 1. The Bertz CT molecular complexity index is 1750. The van der Waals surface area contributed by atoms with Gasteiger partial charge >= 0.3 is 6.18 Å². The van der Waals surface area contributed by atoms with Crippen molar-refractivity contribution >= 4 is 23.1 Å². The van der Waals surface area contributed by atoms with E-state index in [-0.39, 0.29) is 40.0 Å². The number of alkyl halides is 3. The fraction of sp³-hybridized carbons (Fsp3) is 0.375. The second-order valence-electron chi connectivity index (χ2n) is 11.5. The van der Waals surface area contributed by atoms with Gasteiger partial charge in [-0.15, -0.1) is 0 Å². The number of ether oxygens (including phenoxy) is 1. The SMILES string of the molecule is COc1ccc(-c2nc3c(C(=O)N4CCN(C5(c6cccc(NC(C)=O)c6)CC5)C[C@H]4C)cnn3c(C(F)(F)F)c2C)cc1. The summed E-state index contributed by atoms with van der Waals surface area (Å²) < 4.78 is 49.1. The number of aromatic nitrogens is 3. The van der Waals surface area contributed by atoms with Gasteiger partial charge in [0.2, 0.25) is 5.91 Å². The molecule has 2 aliphatic rings. The number of carbonyl (C=O) groups excluding carboxylic acids is 2. The number of methoxy groups -OCH3 is 1. The van der Waals surface area contributed by atoms with E-state index in [0.29, 0.717) is 30.9 Å². The summed E-state index contributed by atoms with van der Waals surface area (Å²) in [7, 11) is 1.51. The number of nitrogens with zero attached hydrogens (tertiary/aromatic N) is 5. The van der Waals surface area contributed by atoms with Gasteiger partial charge in [0, 0.05) is 55.0 Å². The molecular formula is C32H33F3N6O3. The number of anilines is 1. The van der Waals surface area contributed by atoms with Gasteiger partial charge in [-0.05, 0) is 68.7 Å². The molecule has 1 saturated heterocycles. The monoisotopic (exact) mass is 606 g/mol. The lowest BCUT2D eigenvalue weighted by Gasteiger charge is -2.44. The summed E-state index contributed by atoms with van der Waals surface area (Å²) in [6.07, 6.45) is -1.62. The standard InChI is InChI=1S/C32H33F3N6O3/c1-19-18-39(31(12-13-31)23-6-5-7-24(16-23)37-21(3)42)14-15-40(19)30(43)26-17-36-41-28(32(33,34)35)20(2)27(38-29(26)41)22-8-10-25(44-4)11-9-22/h5-11,16-17,19H,12-15,18H2,1-4H3,(H,37,42)/t19-/m1/s1. The highest BCUT2D eigenvalue weighted by Gasteiger charge is 2.51. The smallest absolute Gasteiger partial charge is 0.433 e. The van der Waals surface area contributed by atoms with Gasteiger partial charge in [0.05, 0.1) is 19.0 Å². The summed E-state index contributed by atoms with van der Waals surface area (Å²) in [4.78, 5) is 34.2. The van der Waals surface area contributed by atoms with Crippen LogP contribution in [0.4, 0.5) is 18.9 Å². The van der Waals surface area contributed by atoms with Crippen molar-refractivity contribution in [3.8, 4) is 17.0 Å². The molecule has 1 N–H and O–H groups in total. The van der Waals surface area contributed by atoms with E-state index in [1.165, 1.54) is 27.2 Å². The lowest BCUT2D eigenvalue weighted by Crippen LogP contribution is -2.56. The fourth-order valence-electron chi connectivity index (χ4n) is 6.39. The Labute approximate surface area is 252 Å². The number of nitrogens with one attached hydrogen (secondary N) is 1. The minimum atomic E-state index is -4.73. The molecule has 2 fully saturated rings. The Morgan fingerprint density at radius 3 is 2.43 bits per heavy atom. The molecule has 0 spiro atoms. The molecule has 1 atom stereocenters. The molecule has 1 aliphatic carbocycles. The van der Waals surface area contributed by atoms with Gasteiger partial charge in [0.25, 0.3) is 5.91 Å². The van der Waals surface area contributed by atoms with Crippen molar-refractivity contribution < 1.29 is 27.5 Å². The first kappa shape index (κ1) is 29.6. The van der Waals surface area contributed by atoms with Crippen molar-refractivity contribution in [1.82, 2.24) is 24.4 Å². The van der Waals surface area contributed by atoms with E-state index in [9.17, 15) is 22.8 Å². The van der Waals surface area contributed by atoms with Crippen LogP contribution in [0.3, 0.4) is 0 Å². The van der Waals surface area contributed by atoms with Gasteiger partial charge in [-0.2, -0.15) is 18.3 Å². The summed E-state index contributed by atoms with van der Waals surface area (Å²) in [5.74, 6) is 0.0173. The van der Waals surface area contributed by atoms with Crippen molar-refractivity contribution in [1.29, 1.82) is 0 Å². The summed E-state index contributed by atoms with van der Waals surface area (Å²) >= 11 is 0. The first-order chi connectivity index (χ1) is 20.9. The van der Waals surface area contributed by atoms with E-state index in [1.807, 2.05) is 25.1 Å². The normalized spacial score (nSPS) is 18.3. The highest BCUT2D eigenvalue weighted by molar-refractivity contribution is 6.00. The summed E-state index contributed by atoms with van der Waals surface area (Å²) in [5.41, 5.74) is 1.11. The van der Waals surface area contributed by atoms with E-state index in [2.05, 4.69) is 26.4 Å². The van der Waals surface area contributed by atoms with Gasteiger partial charge in [0.1, 0.15) is 11.3 Å². The first-order valence-electron chi connectivity index (χ1n) is 14.5. The highest BCUT2D eigenvalue weighted by atomic mass is 19.4. The number of fused-ring (bicyclic) bond motifs is 1. The maximum atomic E-state index is 14.4. The molecule has 6 rings (SSSR count). The van der Waals surface area contributed by atoms with Gasteiger partial charge in [-0.1, -0.05) is 12.1 Å². The van der Waals surface area contributed by atoms with Crippen molar-refractivity contribution in [2.24, 2.45) is 0 Å². The number of rotatable bonds is 6. The van der Waals surface area contributed by atoms with Gasteiger partial charge in [-0.3, -0.25) is 14.5 Å². The van der Waals surface area contributed by atoms with Crippen LogP contribution in [0.1, 0.15) is 53.9 Å². The third-order valence-electron chi connectivity index (χ3n) is 8.68. The average molecular weight is 607 g/mol. The Hall–Kier alpha value is -4.45. The topological polar surface area (TPSA) is 92.1 Å². The van der Waals surface area contributed by atoms with Crippen LogP contribution in [0.15, 0.2) is 54.7 Å². The quantitative estimate of drug-likeness (QED) is 0.311. The van der Waals surface area contributed by atoms with E-state index in [1.54, 1.807) is 29.2 Å². The minimum absolute atomic E-state index is 0.0229. The zero-order valence-corrected chi connectivity index (χ0v) is 24.9. The molecule has 230 valence electrons. The average Bonchev–Trinajstić information content (AvgIpc) is 3.69. The zero-order chi connectivity index (χ0) is 31.4.